The molecule has 24 heavy (non-hydrogen) atoms. The lowest BCUT2D eigenvalue weighted by atomic mass is 10.4. The second-order valence-electron chi connectivity index (χ2n) is 5.62. The van der Waals surface area contributed by atoms with Crippen molar-refractivity contribution in [2.24, 2.45) is 0 Å². The Labute approximate surface area is 140 Å². The summed E-state index contributed by atoms with van der Waals surface area (Å²) < 4.78 is 32.3. The van der Waals surface area contributed by atoms with Crippen molar-refractivity contribution in [1.82, 2.24) is 24.8 Å². The molecule has 1 N–H and O–H groups in total. The van der Waals surface area contributed by atoms with Gasteiger partial charge in [-0.3, -0.25) is 0 Å². The lowest BCUT2D eigenvalue weighted by Crippen LogP contribution is -2.27. The fourth-order valence-corrected chi connectivity index (χ4v) is 3.27. The molecule has 10 nitrogen and oxygen atoms in total. The van der Waals surface area contributed by atoms with Crippen LogP contribution in [0.4, 0.5) is 11.9 Å². The van der Waals surface area contributed by atoms with Gasteiger partial charge in [0.15, 0.2) is 11.6 Å². The molecule has 0 radical (unpaired) electrons. The van der Waals surface area contributed by atoms with Crippen molar-refractivity contribution in [2.45, 2.75) is 25.3 Å². The van der Waals surface area contributed by atoms with E-state index in [9.17, 15) is 8.42 Å². The summed E-state index contributed by atoms with van der Waals surface area (Å²) in [6.07, 6.45) is 0. The summed E-state index contributed by atoms with van der Waals surface area (Å²) in [5.41, 5.74) is 0.304. The summed E-state index contributed by atoms with van der Waals surface area (Å²) >= 11 is 0. The Morgan fingerprint density at radius 2 is 1.54 bits per heavy atom. The average molecular weight is 355 g/mol. The Hall–Kier alpha value is -2.27. The van der Waals surface area contributed by atoms with Crippen molar-refractivity contribution in [2.75, 3.05) is 38.0 Å². The van der Waals surface area contributed by atoms with Gasteiger partial charge in [0.05, 0.1) is 6.54 Å². The minimum Gasteiger partial charge on any atom is -0.360 e. The van der Waals surface area contributed by atoms with Crippen LogP contribution in [-0.2, 0) is 16.6 Å². The first kappa shape index (κ1) is 18.1. The quantitative estimate of drug-likeness (QED) is 0.769. The first-order valence-electron chi connectivity index (χ1n) is 7.14. The molecule has 2 aromatic heterocycles. The average Bonchev–Trinajstić information content (AvgIpc) is 2.84. The van der Waals surface area contributed by atoms with E-state index in [1.54, 1.807) is 51.8 Å². The molecule has 0 amide bonds. The summed E-state index contributed by atoms with van der Waals surface area (Å²) in [6, 6.07) is 0. The van der Waals surface area contributed by atoms with Gasteiger partial charge in [-0.2, -0.15) is 15.0 Å². The molecular formula is C13H21N7O3S. The number of nitrogens with zero attached hydrogens (tertiary/aromatic N) is 6. The highest BCUT2D eigenvalue weighted by molar-refractivity contribution is 7.89. The van der Waals surface area contributed by atoms with E-state index in [2.05, 4.69) is 24.8 Å². The molecule has 132 valence electrons. The van der Waals surface area contributed by atoms with Crippen LogP contribution in [-0.4, -0.2) is 56.7 Å². The van der Waals surface area contributed by atoms with Gasteiger partial charge in [-0.15, -0.1) is 0 Å². The van der Waals surface area contributed by atoms with Crippen LogP contribution in [0.2, 0.25) is 0 Å². The van der Waals surface area contributed by atoms with Crippen molar-refractivity contribution in [1.29, 1.82) is 0 Å². The zero-order chi connectivity index (χ0) is 18.1. The van der Waals surface area contributed by atoms with Gasteiger partial charge in [0, 0.05) is 28.2 Å². The summed E-state index contributed by atoms with van der Waals surface area (Å²) in [5, 5.41) is 3.66. The maximum Gasteiger partial charge on any atom is 0.246 e. The van der Waals surface area contributed by atoms with E-state index in [1.807, 2.05) is 0 Å². The molecule has 0 saturated heterocycles. The molecule has 0 spiro atoms. The lowest BCUT2D eigenvalue weighted by molar-refractivity contribution is 0.390. The molecular weight excluding hydrogens is 334 g/mol. The van der Waals surface area contributed by atoms with Crippen molar-refractivity contribution in [3.8, 4) is 0 Å². The van der Waals surface area contributed by atoms with Crippen LogP contribution < -0.4 is 14.5 Å². The van der Waals surface area contributed by atoms with Crippen LogP contribution in [0.5, 0.6) is 0 Å². The van der Waals surface area contributed by atoms with Gasteiger partial charge in [-0.25, -0.2) is 13.1 Å². The van der Waals surface area contributed by atoms with Crippen molar-refractivity contribution < 1.29 is 12.9 Å². The van der Waals surface area contributed by atoms with E-state index in [0.717, 1.165) is 0 Å². The normalized spacial score (nSPS) is 11.6. The summed E-state index contributed by atoms with van der Waals surface area (Å²) in [7, 11) is 3.42. The number of nitrogens with one attached hydrogen (secondary N) is 1. The van der Waals surface area contributed by atoms with Gasteiger partial charge in [-0.1, -0.05) is 5.16 Å². The third kappa shape index (κ3) is 3.79. The van der Waals surface area contributed by atoms with Gasteiger partial charge < -0.3 is 14.3 Å². The Morgan fingerprint density at radius 1 is 1.00 bits per heavy atom. The topological polar surface area (TPSA) is 117 Å². The first-order valence-corrected chi connectivity index (χ1v) is 8.62. The molecule has 11 heteroatoms. The summed E-state index contributed by atoms with van der Waals surface area (Å²) in [5.74, 6) is 1.44. The highest BCUT2D eigenvalue weighted by Gasteiger charge is 2.24. The molecule has 2 rings (SSSR count). The molecule has 2 aromatic rings. The molecule has 0 aliphatic heterocycles. The Balaban J connectivity index is 2.28. The number of sulfonamides is 1. The van der Waals surface area contributed by atoms with Crippen LogP contribution >= 0.6 is 0 Å². The third-order valence-corrected chi connectivity index (χ3v) is 4.76. The summed E-state index contributed by atoms with van der Waals surface area (Å²) in [4.78, 5) is 16.3. The SMILES string of the molecule is Cc1noc(C)c1S(=O)(=O)NCc1nc(N(C)C)nc(N(C)C)n1. The number of aryl methyl sites for hydroxylation is 2. The van der Waals surface area contributed by atoms with E-state index in [0.29, 0.717) is 23.4 Å². The first-order chi connectivity index (χ1) is 11.1. The number of anilines is 2. The molecule has 0 aliphatic carbocycles. The smallest absolute Gasteiger partial charge is 0.246 e. The molecule has 0 atom stereocenters. The van der Waals surface area contributed by atoms with E-state index in [1.165, 1.54) is 0 Å². The van der Waals surface area contributed by atoms with E-state index >= 15 is 0 Å². The molecule has 0 bridgehead atoms. The second kappa shape index (κ2) is 6.69. The van der Waals surface area contributed by atoms with Gasteiger partial charge in [0.2, 0.25) is 21.9 Å². The largest absolute Gasteiger partial charge is 0.360 e. The van der Waals surface area contributed by atoms with E-state index in [-0.39, 0.29) is 17.2 Å². The molecule has 0 aromatic carbocycles. The fraction of sp³-hybridized carbons (Fsp3) is 0.538. The van der Waals surface area contributed by atoms with Gasteiger partial charge in [0.1, 0.15) is 10.6 Å². The minimum absolute atomic E-state index is 0.0391. The standard InChI is InChI=1S/C13H21N7O3S/c1-8-11(9(2)23-18-8)24(21,22)14-7-10-15-12(19(3)4)17-13(16-10)20(5)6/h14H,7H2,1-6H3. The third-order valence-electron chi connectivity index (χ3n) is 3.12. The molecule has 0 fully saturated rings. The van der Waals surface area contributed by atoms with Crippen LogP contribution in [0.25, 0.3) is 0 Å². The molecule has 2 heterocycles. The molecule has 0 saturated carbocycles. The monoisotopic (exact) mass is 355 g/mol. The minimum atomic E-state index is -3.78. The van der Waals surface area contributed by atoms with Gasteiger partial charge in [-0.05, 0) is 13.8 Å². The highest BCUT2D eigenvalue weighted by Crippen LogP contribution is 2.19. The Kier molecular flexibility index (Phi) is 5.04. The second-order valence-corrected chi connectivity index (χ2v) is 7.32. The Morgan fingerprint density at radius 3 is 1.96 bits per heavy atom. The predicted octanol–water partition coefficient (Wildman–Crippen LogP) is 0.0869. The Bertz CT molecular complexity index is 784. The van der Waals surface area contributed by atoms with Gasteiger partial charge >= 0.3 is 0 Å². The van der Waals surface area contributed by atoms with Crippen LogP contribution in [0.1, 0.15) is 17.3 Å². The highest BCUT2D eigenvalue weighted by atomic mass is 32.2. The number of hydrogen-bond donors (Lipinski definition) is 1. The zero-order valence-electron chi connectivity index (χ0n) is 14.5. The summed E-state index contributed by atoms with van der Waals surface area (Å²) in [6.45, 7) is 3.05. The van der Waals surface area contributed by atoms with Crippen LogP contribution in [0.3, 0.4) is 0 Å². The van der Waals surface area contributed by atoms with Crippen molar-refractivity contribution >= 4 is 21.9 Å². The maximum atomic E-state index is 12.4. The van der Waals surface area contributed by atoms with Crippen molar-refractivity contribution in [3.63, 3.8) is 0 Å². The zero-order valence-corrected chi connectivity index (χ0v) is 15.3. The fourth-order valence-electron chi connectivity index (χ4n) is 1.96. The maximum absolute atomic E-state index is 12.4. The van der Waals surface area contributed by atoms with E-state index < -0.39 is 10.0 Å². The predicted molar refractivity (Wildman–Crippen MR) is 88.5 cm³/mol. The van der Waals surface area contributed by atoms with Crippen LogP contribution in [0, 0.1) is 13.8 Å². The lowest BCUT2D eigenvalue weighted by Gasteiger charge is -2.16. The molecule has 0 unspecified atom stereocenters. The number of rotatable bonds is 6. The number of hydrogen-bond acceptors (Lipinski definition) is 9. The molecule has 0 aliphatic rings. The van der Waals surface area contributed by atoms with Gasteiger partial charge in [0.25, 0.3) is 0 Å². The number of aromatic nitrogens is 4. The van der Waals surface area contributed by atoms with Crippen LogP contribution in [0.15, 0.2) is 9.42 Å². The van der Waals surface area contributed by atoms with E-state index in [4.69, 9.17) is 4.52 Å². The van der Waals surface area contributed by atoms with Crippen molar-refractivity contribution in [3.05, 3.63) is 17.3 Å².